The smallest absolute Gasteiger partial charge is 0.270 e. The van der Waals surface area contributed by atoms with Crippen LogP contribution in [0.4, 0.5) is 5.69 Å². The van der Waals surface area contributed by atoms with Gasteiger partial charge in [-0.15, -0.1) is 0 Å². The van der Waals surface area contributed by atoms with Gasteiger partial charge in [-0.05, 0) is 54.6 Å². The largest absolute Gasteiger partial charge is 0.497 e. The van der Waals surface area contributed by atoms with Crippen LogP contribution in [0.2, 0.25) is 25.7 Å². The molecule has 0 saturated carbocycles. The fourth-order valence-corrected chi connectivity index (χ4v) is 4.84. The molecule has 0 fully saturated rings. The summed E-state index contributed by atoms with van der Waals surface area (Å²) in [5.41, 5.74) is 4.07. The highest BCUT2D eigenvalue weighted by Gasteiger charge is 2.23. The number of hydrogen-bond donors (Lipinski definition) is 0. The van der Waals surface area contributed by atoms with Crippen LogP contribution in [0.5, 0.6) is 11.5 Å². The highest BCUT2D eigenvalue weighted by Crippen LogP contribution is 2.38. The Bertz CT molecular complexity index is 1390. The van der Waals surface area contributed by atoms with E-state index < -0.39 is 13.0 Å². The van der Waals surface area contributed by atoms with Crippen molar-refractivity contribution in [2.24, 2.45) is 0 Å². The average molecular weight is 532 g/mol. The molecule has 198 valence electrons. The van der Waals surface area contributed by atoms with Crippen LogP contribution in [0.1, 0.15) is 0 Å². The monoisotopic (exact) mass is 531 g/mol. The van der Waals surface area contributed by atoms with Gasteiger partial charge in [0.25, 0.3) is 5.69 Å². The molecular formula is C29H33N3O5Si. The minimum Gasteiger partial charge on any atom is -0.497 e. The number of imidazole rings is 1. The lowest BCUT2D eigenvalue weighted by molar-refractivity contribution is -0.384. The third kappa shape index (κ3) is 6.30. The Morgan fingerprint density at radius 3 is 2.03 bits per heavy atom. The number of methoxy groups -OCH3 is 2. The second-order valence-corrected chi connectivity index (χ2v) is 15.8. The van der Waals surface area contributed by atoms with E-state index in [-0.39, 0.29) is 12.4 Å². The number of benzene rings is 3. The van der Waals surface area contributed by atoms with Gasteiger partial charge in [0.2, 0.25) is 0 Å². The van der Waals surface area contributed by atoms with E-state index in [0.29, 0.717) is 18.0 Å². The maximum absolute atomic E-state index is 11.5. The predicted molar refractivity (Wildman–Crippen MR) is 152 cm³/mol. The van der Waals surface area contributed by atoms with Gasteiger partial charge in [0, 0.05) is 43.5 Å². The molecule has 0 aliphatic carbocycles. The molecule has 0 spiro atoms. The Hall–Kier alpha value is -3.95. The number of hydrogen-bond acceptors (Lipinski definition) is 6. The summed E-state index contributed by atoms with van der Waals surface area (Å²) >= 11 is 0. The molecule has 4 rings (SSSR count). The molecule has 4 aromatic rings. The Balaban J connectivity index is 1.91. The van der Waals surface area contributed by atoms with Crippen molar-refractivity contribution in [2.75, 3.05) is 20.8 Å². The summed E-state index contributed by atoms with van der Waals surface area (Å²) in [6.45, 7) is 7.82. The van der Waals surface area contributed by atoms with Crippen molar-refractivity contribution in [1.82, 2.24) is 9.55 Å². The number of nitro groups is 1. The lowest BCUT2D eigenvalue weighted by Gasteiger charge is -2.18. The number of non-ortho nitro benzene ring substituents is 1. The molecule has 3 aromatic carbocycles. The van der Waals surface area contributed by atoms with E-state index in [1.807, 2.05) is 59.2 Å². The first-order valence-corrected chi connectivity index (χ1v) is 16.1. The van der Waals surface area contributed by atoms with Crippen molar-refractivity contribution in [2.45, 2.75) is 32.4 Å². The van der Waals surface area contributed by atoms with Crippen molar-refractivity contribution in [1.29, 1.82) is 0 Å². The summed E-state index contributed by atoms with van der Waals surface area (Å²) < 4.78 is 18.9. The standard InChI is InChI=1S/C29H33N3O5Si/c1-35-25-13-9-21(10-14-25)27-28(22-11-15-26(36-2)16-12-22)31(20-37-17-18-38(3,4)5)29(30-27)23-7-6-8-24(19-23)32(33)34/h6-16,19H,17-18,20H2,1-5H3. The lowest BCUT2D eigenvalue weighted by Crippen LogP contribution is -2.22. The van der Waals surface area contributed by atoms with E-state index in [9.17, 15) is 10.1 Å². The third-order valence-electron chi connectivity index (χ3n) is 6.23. The normalized spacial score (nSPS) is 11.4. The number of nitrogens with zero attached hydrogens (tertiary/aromatic N) is 3. The first-order chi connectivity index (χ1) is 18.2. The van der Waals surface area contributed by atoms with Gasteiger partial charge < -0.3 is 14.2 Å². The highest BCUT2D eigenvalue weighted by atomic mass is 28.3. The molecule has 9 heteroatoms. The zero-order chi connectivity index (χ0) is 27.3. The number of ether oxygens (including phenoxy) is 3. The van der Waals surface area contributed by atoms with E-state index in [2.05, 4.69) is 19.6 Å². The van der Waals surface area contributed by atoms with Gasteiger partial charge in [0.1, 0.15) is 24.1 Å². The number of aromatic nitrogens is 2. The topological polar surface area (TPSA) is 88.7 Å². The molecule has 0 N–H and O–H groups in total. The molecule has 0 amide bonds. The SMILES string of the molecule is COc1ccc(-c2nc(-c3cccc([N+](=O)[O-])c3)n(COCC[Si](C)(C)C)c2-c2ccc(OC)cc2)cc1. The van der Waals surface area contributed by atoms with Crippen LogP contribution in [-0.4, -0.2) is 43.4 Å². The summed E-state index contributed by atoms with van der Waals surface area (Å²) in [5.74, 6) is 2.09. The second-order valence-electron chi connectivity index (χ2n) is 10.2. The Morgan fingerprint density at radius 2 is 1.47 bits per heavy atom. The number of rotatable bonds is 11. The molecule has 0 saturated heterocycles. The fraction of sp³-hybridized carbons (Fsp3) is 0.276. The fourth-order valence-electron chi connectivity index (χ4n) is 4.08. The third-order valence-corrected chi connectivity index (χ3v) is 7.93. The van der Waals surface area contributed by atoms with E-state index >= 15 is 0 Å². The maximum atomic E-state index is 11.5. The summed E-state index contributed by atoms with van der Waals surface area (Å²) in [6, 6.07) is 23.1. The van der Waals surface area contributed by atoms with Crippen LogP contribution in [0.15, 0.2) is 72.8 Å². The molecule has 0 bridgehead atoms. The van der Waals surface area contributed by atoms with E-state index in [1.54, 1.807) is 26.4 Å². The highest BCUT2D eigenvalue weighted by molar-refractivity contribution is 6.76. The first kappa shape index (κ1) is 27.1. The van der Waals surface area contributed by atoms with Crippen molar-refractivity contribution < 1.29 is 19.1 Å². The second kappa shape index (κ2) is 11.6. The Labute approximate surface area is 224 Å². The van der Waals surface area contributed by atoms with Crippen LogP contribution < -0.4 is 9.47 Å². The summed E-state index contributed by atoms with van der Waals surface area (Å²) in [6.07, 6.45) is 0. The summed E-state index contributed by atoms with van der Waals surface area (Å²) in [7, 11) is 1.98. The molecule has 38 heavy (non-hydrogen) atoms. The predicted octanol–water partition coefficient (Wildman–Crippen LogP) is 7.12. The molecule has 0 unspecified atom stereocenters. The summed E-state index contributed by atoms with van der Waals surface area (Å²) in [5, 5.41) is 11.5. The van der Waals surface area contributed by atoms with Crippen LogP contribution in [0, 0.1) is 10.1 Å². The van der Waals surface area contributed by atoms with Crippen molar-refractivity contribution in [3.8, 4) is 45.4 Å². The van der Waals surface area contributed by atoms with E-state index in [1.165, 1.54) is 6.07 Å². The lowest BCUT2D eigenvalue weighted by atomic mass is 10.0. The van der Waals surface area contributed by atoms with Crippen molar-refractivity contribution >= 4 is 13.8 Å². The maximum Gasteiger partial charge on any atom is 0.270 e. The van der Waals surface area contributed by atoms with Crippen molar-refractivity contribution in [3.05, 3.63) is 82.9 Å². The zero-order valence-corrected chi connectivity index (χ0v) is 23.4. The quantitative estimate of drug-likeness (QED) is 0.0886. The van der Waals surface area contributed by atoms with Gasteiger partial charge in [-0.1, -0.05) is 31.8 Å². The van der Waals surface area contributed by atoms with Crippen LogP contribution in [0.3, 0.4) is 0 Å². The van der Waals surface area contributed by atoms with Crippen LogP contribution in [0.25, 0.3) is 33.9 Å². The van der Waals surface area contributed by atoms with Crippen LogP contribution in [-0.2, 0) is 11.5 Å². The molecule has 0 aliphatic heterocycles. The van der Waals surface area contributed by atoms with Crippen LogP contribution >= 0.6 is 0 Å². The molecule has 8 nitrogen and oxygen atoms in total. The van der Waals surface area contributed by atoms with Gasteiger partial charge in [-0.2, -0.15) is 0 Å². The minimum absolute atomic E-state index is 0.00805. The minimum atomic E-state index is -1.29. The summed E-state index contributed by atoms with van der Waals surface area (Å²) in [4.78, 5) is 16.2. The average Bonchev–Trinajstić information content (AvgIpc) is 3.30. The van der Waals surface area contributed by atoms with E-state index in [4.69, 9.17) is 19.2 Å². The molecule has 0 atom stereocenters. The Kier molecular flexibility index (Phi) is 8.28. The zero-order valence-electron chi connectivity index (χ0n) is 22.4. The molecule has 0 radical (unpaired) electrons. The molecular weight excluding hydrogens is 498 g/mol. The van der Waals surface area contributed by atoms with Gasteiger partial charge in [0.15, 0.2) is 0 Å². The van der Waals surface area contributed by atoms with Gasteiger partial charge >= 0.3 is 0 Å². The molecule has 1 heterocycles. The van der Waals surface area contributed by atoms with E-state index in [0.717, 1.165) is 40.1 Å². The Morgan fingerprint density at radius 1 is 0.868 bits per heavy atom. The van der Waals surface area contributed by atoms with Gasteiger partial charge in [-0.3, -0.25) is 14.7 Å². The molecule has 1 aromatic heterocycles. The van der Waals surface area contributed by atoms with Gasteiger partial charge in [0.05, 0.1) is 30.5 Å². The number of nitro benzene ring substituents is 1. The molecule has 0 aliphatic rings. The van der Waals surface area contributed by atoms with Crippen molar-refractivity contribution in [3.63, 3.8) is 0 Å². The van der Waals surface area contributed by atoms with Gasteiger partial charge in [-0.25, -0.2) is 4.98 Å². The first-order valence-electron chi connectivity index (χ1n) is 12.4.